The van der Waals surface area contributed by atoms with Crippen LogP contribution in [0.25, 0.3) is 5.52 Å². The fourth-order valence-corrected chi connectivity index (χ4v) is 2.79. The van der Waals surface area contributed by atoms with Crippen molar-refractivity contribution in [2.75, 3.05) is 18.0 Å². The lowest BCUT2D eigenvalue weighted by atomic mass is 9.89. The van der Waals surface area contributed by atoms with Crippen LogP contribution in [0.3, 0.4) is 0 Å². The molecule has 0 bridgehead atoms. The van der Waals surface area contributed by atoms with Crippen LogP contribution in [-0.2, 0) is 0 Å². The maximum absolute atomic E-state index is 14.0. The van der Waals surface area contributed by atoms with Gasteiger partial charge in [0.15, 0.2) is 5.82 Å². The number of fused-ring (bicyclic) bond motifs is 1. The molecule has 102 valence electrons. The highest BCUT2D eigenvalue weighted by Gasteiger charge is 2.54. The van der Waals surface area contributed by atoms with Gasteiger partial charge in [0.1, 0.15) is 11.8 Å². The first-order chi connectivity index (χ1) is 8.80. The van der Waals surface area contributed by atoms with Gasteiger partial charge in [-0.05, 0) is 22.0 Å². The minimum atomic E-state index is -2.72. The Bertz CT molecular complexity index is 622. The smallest absolute Gasteiger partial charge is 0.271 e. The third-order valence-corrected chi connectivity index (χ3v) is 4.05. The van der Waals surface area contributed by atoms with Crippen molar-refractivity contribution in [3.63, 3.8) is 0 Å². The summed E-state index contributed by atoms with van der Waals surface area (Å²) in [6.07, 6.45) is 3.16. The first-order valence-electron chi connectivity index (χ1n) is 5.92. The molecule has 0 amide bonds. The second kappa shape index (κ2) is 3.88. The minimum Gasteiger partial charge on any atom is -0.348 e. The number of aromatic nitrogens is 3. The highest BCUT2D eigenvalue weighted by molar-refractivity contribution is 9.10. The number of halogens is 3. The van der Waals surface area contributed by atoms with Crippen LogP contribution in [0.15, 0.2) is 23.1 Å². The molecule has 3 rings (SSSR count). The van der Waals surface area contributed by atoms with Gasteiger partial charge in [-0.15, -0.1) is 0 Å². The summed E-state index contributed by atoms with van der Waals surface area (Å²) in [5.41, 5.74) is -0.332. The van der Waals surface area contributed by atoms with Gasteiger partial charge in [-0.25, -0.2) is 18.3 Å². The van der Waals surface area contributed by atoms with Gasteiger partial charge in [0, 0.05) is 22.6 Å². The predicted octanol–water partition coefficient (Wildman–Crippen LogP) is 2.97. The number of hydrogen-bond donors (Lipinski definition) is 0. The van der Waals surface area contributed by atoms with Crippen molar-refractivity contribution in [2.45, 2.75) is 19.8 Å². The Balaban J connectivity index is 2.07. The molecule has 0 radical (unpaired) electrons. The molecule has 0 aliphatic carbocycles. The molecule has 0 atom stereocenters. The lowest BCUT2D eigenvalue weighted by Crippen LogP contribution is -2.34. The quantitative estimate of drug-likeness (QED) is 0.806. The number of rotatable bonds is 1. The second-order valence-electron chi connectivity index (χ2n) is 5.52. The zero-order chi connectivity index (χ0) is 13.8. The van der Waals surface area contributed by atoms with Crippen molar-refractivity contribution in [2.24, 2.45) is 5.41 Å². The topological polar surface area (TPSA) is 33.4 Å². The van der Waals surface area contributed by atoms with Crippen LogP contribution in [0, 0.1) is 5.41 Å². The third kappa shape index (κ3) is 1.91. The van der Waals surface area contributed by atoms with Gasteiger partial charge in [0.05, 0.1) is 6.54 Å². The van der Waals surface area contributed by atoms with E-state index in [1.54, 1.807) is 29.5 Å². The first-order valence-corrected chi connectivity index (χ1v) is 6.71. The average Bonchev–Trinajstić information content (AvgIpc) is 2.75. The molecule has 0 unspecified atom stereocenters. The lowest BCUT2D eigenvalue weighted by molar-refractivity contribution is -0.0642. The zero-order valence-electron chi connectivity index (χ0n) is 10.6. The number of anilines is 1. The molecule has 4 nitrogen and oxygen atoms in total. The van der Waals surface area contributed by atoms with Crippen molar-refractivity contribution in [3.8, 4) is 0 Å². The molecule has 1 saturated heterocycles. The molecule has 1 aliphatic rings. The van der Waals surface area contributed by atoms with Crippen molar-refractivity contribution >= 4 is 27.3 Å². The molecule has 0 saturated carbocycles. The summed E-state index contributed by atoms with van der Waals surface area (Å²) in [5.74, 6) is -2.18. The highest BCUT2D eigenvalue weighted by Crippen LogP contribution is 2.44. The fraction of sp³-hybridized carbons (Fsp3) is 0.500. The van der Waals surface area contributed by atoms with Crippen molar-refractivity contribution in [1.29, 1.82) is 0 Å². The van der Waals surface area contributed by atoms with Crippen molar-refractivity contribution in [3.05, 3.63) is 23.1 Å². The first kappa shape index (κ1) is 12.8. The summed E-state index contributed by atoms with van der Waals surface area (Å²) in [7, 11) is 0. The number of nitrogens with zero attached hydrogens (tertiary/aromatic N) is 4. The molecule has 0 spiro atoms. The maximum Gasteiger partial charge on any atom is 0.271 e. The summed E-state index contributed by atoms with van der Waals surface area (Å²) in [6.45, 7) is 3.13. The van der Waals surface area contributed by atoms with Gasteiger partial charge in [-0.3, -0.25) is 0 Å². The van der Waals surface area contributed by atoms with Crippen LogP contribution in [0.2, 0.25) is 0 Å². The van der Waals surface area contributed by atoms with Crippen LogP contribution in [0.4, 0.5) is 14.6 Å². The Hall–Kier alpha value is -1.24. The van der Waals surface area contributed by atoms with E-state index in [0.717, 1.165) is 9.99 Å². The molecule has 2 aromatic heterocycles. The molecule has 3 heterocycles. The van der Waals surface area contributed by atoms with Gasteiger partial charge < -0.3 is 4.90 Å². The average molecular weight is 331 g/mol. The Labute approximate surface area is 117 Å². The molecule has 0 N–H and O–H groups in total. The number of hydrogen-bond acceptors (Lipinski definition) is 3. The Morgan fingerprint density at radius 1 is 1.32 bits per heavy atom. The minimum absolute atomic E-state index is 0.273. The standard InChI is InChI=1S/C12H13BrF2N4/c1-11(2)5-18(6-12(11,14)15)10-9-3-8(13)4-19(9)17-7-16-10/h3-4,7H,5-6H2,1-2H3. The van der Waals surface area contributed by atoms with Gasteiger partial charge >= 0.3 is 0 Å². The number of alkyl halides is 2. The third-order valence-electron chi connectivity index (χ3n) is 3.62. The van der Waals surface area contributed by atoms with E-state index in [4.69, 9.17) is 0 Å². The van der Waals surface area contributed by atoms with E-state index in [9.17, 15) is 8.78 Å². The monoisotopic (exact) mass is 330 g/mol. The molecule has 7 heteroatoms. The highest BCUT2D eigenvalue weighted by atomic mass is 79.9. The molecule has 19 heavy (non-hydrogen) atoms. The lowest BCUT2D eigenvalue weighted by Gasteiger charge is -2.23. The normalized spacial score (nSPS) is 21.2. The largest absolute Gasteiger partial charge is 0.348 e. The van der Waals surface area contributed by atoms with E-state index in [1.807, 2.05) is 6.07 Å². The van der Waals surface area contributed by atoms with Crippen LogP contribution in [0.5, 0.6) is 0 Å². The van der Waals surface area contributed by atoms with Gasteiger partial charge in [-0.2, -0.15) is 5.10 Å². The molecule has 1 aliphatic heterocycles. The molecule has 0 aromatic carbocycles. The zero-order valence-corrected chi connectivity index (χ0v) is 12.2. The van der Waals surface area contributed by atoms with E-state index >= 15 is 0 Å². The summed E-state index contributed by atoms with van der Waals surface area (Å²) in [6, 6.07) is 1.83. The second-order valence-corrected chi connectivity index (χ2v) is 6.43. The Morgan fingerprint density at radius 3 is 2.68 bits per heavy atom. The van der Waals surface area contributed by atoms with Crippen LogP contribution in [-0.4, -0.2) is 33.6 Å². The summed E-state index contributed by atoms with van der Waals surface area (Å²) >= 11 is 3.36. The Morgan fingerprint density at radius 2 is 2.05 bits per heavy atom. The van der Waals surface area contributed by atoms with Crippen LogP contribution in [0.1, 0.15) is 13.8 Å². The molecular weight excluding hydrogens is 318 g/mol. The van der Waals surface area contributed by atoms with Crippen molar-refractivity contribution < 1.29 is 8.78 Å². The van der Waals surface area contributed by atoms with E-state index in [1.165, 1.54) is 6.33 Å². The van der Waals surface area contributed by atoms with Gasteiger partial charge in [0.25, 0.3) is 5.92 Å². The summed E-state index contributed by atoms with van der Waals surface area (Å²) in [5, 5.41) is 4.07. The van der Waals surface area contributed by atoms with Gasteiger partial charge in [-0.1, -0.05) is 13.8 Å². The van der Waals surface area contributed by atoms with Gasteiger partial charge in [0.2, 0.25) is 0 Å². The summed E-state index contributed by atoms with van der Waals surface area (Å²) in [4.78, 5) is 5.80. The van der Waals surface area contributed by atoms with Crippen LogP contribution < -0.4 is 4.90 Å². The Kier molecular flexibility index (Phi) is 2.61. The predicted molar refractivity (Wildman–Crippen MR) is 71.6 cm³/mol. The fourth-order valence-electron chi connectivity index (χ4n) is 2.38. The maximum atomic E-state index is 14.0. The molecule has 1 fully saturated rings. The van der Waals surface area contributed by atoms with Crippen molar-refractivity contribution in [1.82, 2.24) is 14.6 Å². The van der Waals surface area contributed by atoms with E-state index < -0.39 is 11.3 Å². The van der Waals surface area contributed by atoms with E-state index in [2.05, 4.69) is 26.0 Å². The van der Waals surface area contributed by atoms with E-state index in [-0.39, 0.29) is 13.1 Å². The molecule has 2 aromatic rings. The van der Waals surface area contributed by atoms with Crippen LogP contribution >= 0.6 is 15.9 Å². The van der Waals surface area contributed by atoms with E-state index in [0.29, 0.717) is 5.82 Å². The summed E-state index contributed by atoms with van der Waals surface area (Å²) < 4.78 is 30.4. The molecular formula is C12H13BrF2N4. The SMILES string of the molecule is CC1(C)CN(c2ncnn3cc(Br)cc23)CC1(F)F.